The lowest BCUT2D eigenvalue weighted by molar-refractivity contribution is -0.124. The molecule has 6 rings (SSSR count). The third kappa shape index (κ3) is 3.07. The van der Waals surface area contributed by atoms with Crippen molar-refractivity contribution in [2.24, 2.45) is 16.9 Å². The van der Waals surface area contributed by atoms with Gasteiger partial charge in [0, 0.05) is 15.1 Å². The fraction of sp³-hybridized carbons (Fsp3) is 0.154. The summed E-state index contributed by atoms with van der Waals surface area (Å²) in [6.07, 6.45) is 1.69. The van der Waals surface area contributed by atoms with E-state index in [1.54, 1.807) is 59.8 Å². The standard InChI is InChI=1S/C26H17BrClN3O3/c27-16-7-11-18(12-8-16)30-25(33)20-21(26(30)34)23(24(32)14-5-9-17(28)10-6-14)31-22(20)19-4-2-1-3-15(19)13-29-31/h1-13,20-23H/t20-,21+,22?,23-/m0/s1. The van der Waals surface area contributed by atoms with Gasteiger partial charge in [-0.3, -0.25) is 19.4 Å². The second-order valence-corrected chi connectivity index (χ2v) is 9.91. The number of hydrogen-bond donors (Lipinski definition) is 0. The molecule has 1 unspecified atom stereocenters. The third-order valence-corrected chi connectivity index (χ3v) is 7.56. The molecule has 0 aromatic heterocycles. The lowest BCUT2D eigenvalue weighted by atomic mass is 9.83. The molecule has 0 N–H and O–H groups in total. The summed E-state index contributed by atoms with van der Waals surface area (Å²) in [7, 11) is 0. The van der Waals surface area contributed by atoms with Gasteiger partial charge in [-0.2, -0.15) is 5.10 Å². The summed E-state index contributed by atoms with van der Waals surface area (Å²) in [6.45, 7) is 0. The van der Waals surface area contributed by atoms with Crippen LogP contribution in [0, 0.1) is 11.8 Å². The van der Waals surface area contributed by atoms with Crippen molar-refractivity contribution < 1.29 is 14.4 Å². The van der Waals surface area contributed by atoms with Crippen LogP contribution in [0.25, 0.3) is 0 Å². The molecule has 0 radical (unpaired) electrons. The van der Waals surface area contributed by atoms with Crippen LogP contribution in [0.3, 0.4) is 0 Å². The molecule has 34 heavy (non-hydrogen) atoms. The number of fused-ring (bicyclic) bond motifs is 5. The number of carbonyl (C=O) groups excluding carboxylic acids is 3. The SMILES string of the molecule is O=C(c1ccc(Cl)cc1)[C@@H]1[C@@H]2C(=O)N(c3ccc(Br)cc3)C(=O)[C@@H]2C2c3ccccc3C=NN21. The Balaban J connectivity index is 1.49. The van der Waals surface area contributed by atoms with E-state index in [9.17, 15) is 14.4 Å². The van der Waals surface area contributed by atoms with Crippen LogP contribution < -0.4 is 4.90 Å². The van der Waals surface area contributed by atoms with Gasteiger partial charge in [0.25, 0.3) is 0 Å². The predicted molar refractivity (Wildman–Crippen MR) is 132 cm³/mol. The Morgan fingerprint density at radius 2 is 1.56 bits per heavy atom. The van der Waals surface area contributed by atoms with Crippen molar-refractivity contribution in [1.82, 2.24) is 5.01 Å². The van der Waals surface area contributed by atoms with Crippen molar-refractivity contribution in [1.29, 1.82) is 0 Å². The van der Waals surface area contributed by atoms with E-state index in [-0.39, 0.29) is 17.6 Å². The molecule has 3 aliphatic rings. The first-order valence-electron chi connectivity index (χ1n) is 10.8. The zero-order valence-corrected chi connectivity index (χ0v) is 20.0. The van der Waals surface area contributed by atoms with Gasteiger partial charge in [0.15, 0.2) is 5.78 Å². The Labute approximate surface area is 208 Å². The number of hydrogen-bond acceptors (Lipinski definition) is 5. The van der Waals surface area contributed by atoms with Crippen molar-refractivity contribution >= 4 is 57.0 Å². The highest BCUT2D eigenvalue weighted by molar-refractivity contribution is 9.10. The van der Waals surface area contributed by atoms with Crippen LogP contribution in [0.2, 0.25) is 5.02 Å². The molecule has 2 saturated heterocycles. The molecule has 0 aliphatic carbocycles. The number of rotatable bonds is 3. The van der Waals surface area contributed by atoms with Gasteiger partial charge in [-0.15, -0.1) is 0 Å². The molecular weight excluding hydrogens is 518 g/mol. The summed E-state index contributed by atoms with van der Waals surface area (Å²) in [5, 5.41) is 6.74. The highest BCUT2D eigenvalue weighted by Gasteiger charge is 2.65. The van der Waals surface area contributed by atoms with Gasteiger partial charge in [-0.25, -0.2) is 4.90 Å². The summed E-state index contributed by atoms with van der Waals surface area (Å²) >= 11 is 9.41. The van der Waals surface area contributed by atoms with Crippen LogP contribution in [-0.2, 0) is 9.59 Å². The van der Waals surface area contributed by atoms with Crippen molar-refractivity contribution in [3.05, 3.63) is 99.0 Å². The highest BCUT2D eigenvalue weighted by Crippen LogP contribution is 2.53. The molecular formula is C26H17BrClN3O3. The fourth-order valence-electron chi connectivity index (χ4n) is 5.30. The molecule has 4 atom stereocenters. The maximum Gasteiger partial charge on any atom is 0.240 e. The smallest absolute Gasteiger partial charge is 0.240 e. The van der Waals surface area contributed by atoms with Crippen LogP contribution in [0.5, 0.6) is 0 Å². The maximum atomic E-state index is 13.8. The first-order valence-corrected chi connectivity index (χ1v) is 12.0. The van der Waals surface area contributed by atoms with Gasteiger partial charge >= 0.3 is 0 Å². The van der Waals surface area contributed by atoms with E-state index in [0.717, 1.165) is 15.6 Å². The van der Waals surface area contributed by atoms with E-state index in [2.05, 4.69) is 21.0 Å². The van der Waals surface area contributed by atoms with E-state index in [1.807, 2.05) is 24.3 Å². The molecule has 3 aromatic carbocycles. The Hall–Kier alpha value is -3.29. The minimum atomic E-state index is -0.905. The highest BCUT2D eigenvalue weighted by atomic mass is 79.9. The van der Waals surface area contributed by atoms with E-state index in [0.29, 0.717) is 16.3 Å². The summed E-state index contributed by atoms with van der Waals surface area (Å²) in [5.74, 6) is -2.54. The number of benzene rings is 3. The number of carbonyl (C=O) groups is 3. The Morgan fingerprint density at radius 1 is 0.882 bits per heavy atom. The topological polar surface area (TPSA) is 70.0 Å². The van der Waals surface area contributed by atoms with Crippen LogP contribution in [0.15, 0.2) is 82.4 Å². The van der Waals surface area contributed by atoms with Gasteiger partial charge < -0.3 is 0 Å². The Morgan fingerprint density at radius 3 is 2.29 bits per heavy atom. The quantitative estimate of drug-likeness (QED) is 0.355. The first-order chi connectivity index (χ1) is 16.5. The van der Waals surface area contributed by atoms with Crippen LogP contribution in [0.4, 0.5) is 5.69 Å². The minimum Gasteiger partial charge on any atom is -0.292 e. The summed E-state index contributed by atoms with van der Waals surface area (Å²) in [4.78, 5) is 42.5. The van der Waals surface area contributed by atoms with Crippen LogP contribution in [-0.4, -0.2) is 34.9 Å². The molecule has 0 bridgehead atoms. The van der Waals surface area contributed by atoms with E-state index in [4.69, 9.17) is 11.6 Å². The average molecular weight is 535 g/mol. The maximum absolute atomic E-state index is 13.8. The summed E-state index contributed by atoms with van der Waals surface area (Å²) in [6, 6.07) is 19.8. The van der Waals surface area contributed by atoms with Crippen molar-refractivity contribution in [2.45, 2.75) is 12.1 Å². The summed E-state index contributed by atoms with van der Waals surface area (Å²) < 4.78 is 0.841. The normalized spacial score (nSPS) is 24.8. The number of Topliss-reactive ketones (excluding diaryl/α,β-unsaturated/α-hetero) is 1. The average Bonchev–Trinajstić information content (AvgIpc) is 3.32. The molecule has 3 aliphatic heterocycles. The first kappa shape index (κ1) is 21.3. The molecule has 0 spiro atoms. The molecule has 6 nitrogen and oxygen atoms in total. The summed E-state index contributed by atoms with van der Waals surface area (Å²) in [5.41, 5.74) is 2.68. The minimum absolute atomic E-state index is 0.260. The molecule has 2 fully saturated rings. The van der Waals surface area contributed by atoms with Gasteiger partial charge in [0.05, 0.1) is 29.8 Å². The largest absolute Gasteiger partial charge is 0.292 e. The number of ketones is 1. The predicted octanol–water partition coefficient (Wildman–Crippen LogP) is 4.86. The molecule has 3 heterocycles. The van der Waals surface area contributed by atoms with Gasteiger partial charge in [-0.05, 0) is 59.7 Å². The van der Waals surface area contributed by atoms with E-state index in [1.165, 1.54) is 4.90 Å². The Bertz CT molecular complexity index is 1370. The van der Waals surface area contributed by atoms with Gasteiger partial charge in [-0.1, -0.05) is 51.8 Å². The molecule has 0 saturated carbocycles. The lowest BCUT2D eigenvalue weighted by Gasteiger charge is -2.33. The lowest BCUT2D eigenvalue weighted by Crippen LogP contribution is -2.44. The fourth-order valence-corrected chi connectivity index (χ4v) is 5.69. The molecule has 8 heteroatoms. The number of anilines is 1. The van der Waals surface area contributed by atoms with E-state index >= 15 is 0 Å². The molecule has 168 valence electrons. The van der Waals surface area contributed by atoms with E-state index < -0.39 is 23.9 Å². The molecule has 2 amide bonds. The van der Waals surface area contributed by atoms with Gasteiger partial charge in [0.2, 0.25) is 11.8 Å². The van der Waals surface area contributed by atoms with Crippen molar-refractivity contribution in [3.63, 3.8) is 0 Å². The molecule has 3 aromatic rings. The number of nitrogens with zero attached hydrogens (tertiary/aromatic N) is 3. The number of halogens is 2. The van der Waals surface area contributed by atoms with Crippen LogP contribution in [0.1, 0.15) is 27.5 Å². The Kier molecular flexibility index (Phi) is 4.93. The third-order valence-electron chi connectivity index (χ3n) is 6.78. The zero-order valence-electron chi connectivity index (χ0n) is 17.6. The number of imide groups is 1. The van der Waals surface area contributed by atoms with Crippen molar-refractivity contribution in [3.8, 4) is 0 Å². The number of hydrazone groups is 1. The zero-order chi connectivity index (χ0) is 23.6. The number of amides is 2. The van der Waals surface area contributed by atoms with Gasteiger partial charge in [0.1, 0.15) is 6.04 Å². The second kappa shape index (κ2) is 7.89. The monoisotopic (exact) mass is 533 g/mol. The van der Waals surface area contributed by atoms with Crippen LogP contribution >= 0.6 is 27.5 Å². The van der Waals surface area contributed by atoms with Crippen molar-refractivity contribution in [2.75, 3.05) is 4.90 Å². The second-order valence-electron chi connectivity index (χ2n) is 8.55.